The van der Waals surface area contributed by atoms with E-state index in [1.807, 2.05) is 37.4 Å². The molecule has 0 bridgehead atoms. The fourth-order valence-corrected chi connectivity index (χ4v) is 3.01. The largest absolute Gasteiger partial charge is 0.497 e. The molecule has 0 saturated heterocycles. The Morgan fingerprint density at radius 1 is 1.17 bits per heavy atom. The third-order valence-electron chi connectivity index (χ3n) is 4.72. The fourth-order valence-electron chi connectivity index (χ4n) is 3.01. The number of benzene rings is 2. The minimum absolute atomic E-state index is 0.0416. The van der Waals surface area contributed by atoms with Crippen LogP contribution in [0.3, 0.4) is 0 Å². The third-order valence-corrected chi connectivity index (χ3v) is 4.72. The zero-order valence-electron chi connectivity index (χ0n) is 14.3. The van der Waals surface area contributed by atoms with E-state index in [1.54, 1.807) is 12.0 Å². The van der Waals surface area contributed by atoms with Crippen molar-refractivity contribution in [1.29, 1.82) is 0 Å². The molecule has 2 amide bonds. The first-order valence-corrected chi connectivity index (χ1v) is 8.30. The van der Waals surface area contributed by atoms with Gasteiger partial charge >= 0.3 is 6.03 Å². The first-order chi connectivity index (χ1) is 11.6. The van der Waals surface area contributed by atoms with Crippen molar-refractivity contribution >= 4 is 6.03 Å². The predicted molar refractivity (Wildman–Crippen MR) is 95.2 cm³/mol. The normalized spacial score (nSPS) is 14.8. The van der Waals surface area contributed by atoms with E-state index in [1.165, 1.54) is 5.56 Å². The molecule has 0 heterocycles. The summed E-state index contributed by atoms with van der Waals surface area (Å²) in [5.74, 6) is 0.808. The first-order valence-electron chi connectivity index (χ1n) is 8.30. The number of urea groups is 1. The average molecular weight is 324 g/mol. The van der Waals surface area contributed by atoms with E-state index in [4.69, 9.17) is 4.74 Å². The van der Waals surface area contributed by atoms with E-state index in [9.17, 15) is 4.79 Å². The molecule has 0 atom stereocenters. The molecule has 2 aromatic rings. The van der Waals surface area contributed by atoms with Gasteiger partial charge < -0.3 is 15.0 Å². The molecule has 1 aliphatic carbocycles. The molecule has 3 rings (SSSR count). The molecular formula is C20H24N2O2. The lowest BCUT2D eigenvalue weighted by Gasteiger charge is -2.22. The number of carbonyl (C=O) groups is 1. The quantitative estimate of drug-likeness (QED) is 0.882. The van der Waals surface area contributed by atoms with Crippen LogP contribution in [0.4, 0.5) is 4.79 Å². The van der Waals surface area contributed by atoms with Gasteiger partial charge in [0.25, 0.3) is 0 Å². The molecule has 1 fully saturated rings. The third kappa shape index (κ3) is 3.70. The second-order valence-corrected chi connectivity index (χ2v) is 6.51. The van der Waals surface area contributed by atoms with E-state index in [0.29, 0.717) is 13.1 Å². The molecule has 2 aromatic carbocycles. The van der Waals surface area contributed by atoms with E-state index < -0.39 is 0 Å². The molecule has 1 N–H and O–H groups in total. The molecule has 0 unspecified atom stereocenters. The number of hydrogen-bond acceptors (Lipinski definition) is 2. The maximum absolute atomic E-state index is 12.4. The van der Waals surface area contributed by atoms with Gasteiger partial charge in [-0.2, -0.15) is 0 Å². The molecule has 1 saturated carbocycles. The van der Waals surface area contributed by atoms with Gasteiger partial charge in [-0.05, 0) is 36.1 Å². The second kappa shape index (κ2) is 6.95. The van der Waals surface area contributed by atoms with E-state index in [2.05, 4.69) is 29.6 Å². The standard InChI is InChI=1S/C20H24N2O2/c1-22(14-16-7-6-10-18(13-16)24-2)19(23)21-15-20(11-12-20)17-8-4-3-5-9-17/h3-10,13H,11-12,14-15H2,1-2H3,(H,21,23). The minimum atomic E-state index is -0.0416. The number of methoxy groups -OCH3 is 1. The van der Waals surface area contributed by atoms with Crippen LogP contribution in [0.1, 0.15) is 24.0 Å². The van der Waals surface area contributed by atoms with E-state index in [-0.39, 0.29) is 11.4 Å². The molecule has 0 aliphatic heterocycles. The van der Waals surface area contributed by atoms with Crippen LogP contribution in [0.5, 0.6) is 5.75 Å². The number of nitrogens with one attached hydrogen (secondary N) is 1. The lowest BCUT2D eigenvalue weighted by molar-refractivity contribution is 0.205. The number of hydrogen-bond donors (Lipinski definition) is 1. The van der Waals surface area contributed by atoms with Gasteiger partial charge in [-0.25, -0.2) is 4.79 Å². The molecular weight excluding hydrogens is 300 g/mol. The van der Waals surface area contributed by atoms with Gasteiger partial charge in [0.15, 0.2) is 0 Å². The van der Waals surface area contributed by atoms with Crippen molar-refractivity contribution in [1.82, 2.24) is 10.2 Å². The van der Waals surface area contributed by atoms with Crippen LogP contribution in [-0.2, 0) is 12.0 Å². The Kier molecular flexibility index (Phi) is 4.74. The van der Waals surface area contributed by atoms with Gasteiger partial charge in [0.1, 0.15) is 5.75 Å². The minimum Gasteiger partial charge on any atom is -0.497 e. The summed E-state index contributed by atoms with van der Waals surface area (Å²) in [5.41, 5.74) is 2.50. The molecule has 4 heteroatoms. The maximum atomic E-state index is 12.4. The Morgan fingerprint density at radius 3 is 2.58 bits per heavy atom. The van der Waals surface area contributed by atoms with Crippen molar-refractivity contribution in [2.45, 2.75) is 24.8 Å². The molecule has 0 aromatic heterocycles. The maximum Gasteiger partial charge on any atom is 0.317 e. The number of nitrogens with zero attached hydrogens (tertiary/aromatic N) is 1. The summed E-state index contributed by atoms with van der Waals surface area (Å²) >= 11 is 0. The topological polar surface area (TPSA) is 41.6 Å². The molecule has 1 aliphatic rings. The number of amides is 2. The van der Waals surface area contributed by atoms with Crippen LogP contribution in [0.25, 0.3) is 0 Å². The lowest BCUT2D eigenvalue weighted by Crippen LogP contribution is -2.40. The summed E-state index contributed by atoms with van der Waals surface area (Å²) in [7, 11) is 3.46. The smallest absolute Gasteiger partial charge is 0.317 e. The zero-order chi connectivity index (χ0) is 17.0. The average Bonchev–Trinajstić information content (AvgIpc) is 3.42. The molecule has 24 heavy (non-hydrogen) atoms. The van der Waals surface area contributed by atoms with Gasteiger partial charge in [-0.1, -0.05) is 42.5 Å². The van der Waals surface area contributed by atoms with Crippen LogP contribution in [0.15, 0.2) is 54.6 Å². The summed E-state index contributed by atoms with van der Waals surface area (Å²) in [6, 6.07) is 18.2. The highest BCUT2D eigenvalue weighted by molar-refractivity contribution is 5.74. The summed E-state index contributed by atoms with van der Waals surface area (Å²) in [5, 5.41) is 3.09. The SMILES string of the molecule is COc1cccc(CN(C)C(=O)NCC2(c3ccccc3)CC2)c1. The van der Waals surface area contributed by atoms with Gasteiger partial charge in [0.2, 0.25) is 0 Å². The van der Waals surface area contributed by atoms with Crippen LogP contribution in [0.2, 0.25) is 0 Å². The van der Waals surface area contributed by atoms with E-state index >= 15 is 0 Å². The zero-order valence-corrected chi connectivity index (χ0v) is 14.3. The lowest BCUT2D eigenvalue weighted by atomic mass is 9.96. The monoisotopic (exact) mass is 324 g/mol. The van der Waals surface area contributed by atoms with Gasteiger partial charge in [0, 0.05) is 25.6 Å². The molecule has 0 radical (unpaired) electrons. The Balaban J connectivity index is 1.55. The van der Waals surface area contributed by atoms with Crippen molar-refractivity contribution in [3.05, 3.63) is 65.7 Å². The van der Waals surface area contributed by atoms with Crippen LogP contribution < -0.4 is 10.1 Å². The molecule has 0 spiro atoms. The Hall–Kier alpha value is -2.49. The van der Waals surface area contributed by atoms with Crippen molar-refractivity contribution < 1.29 is 9.53 Å². The highest BCUT2D eigenvalue weighted by Gasteiger charge is 2.44. The first kappa shape index (κ1) is 16.4. The van der Waals surface area contributed by atoms with Crippen LogP contribution in [-0.4, -0.2) is 31.6 Å². The van der Waals surface area contributed by atoms with E-state index in [0.717, 1.165) is 24.2 Å². The van der Waals surface area contributed by atoms with Crippen molar-refractivity contribution in [3.8, 4) is 5.75 Å². The Labute approximate surface area is 143 Å². The molecule has 126 valence electrons. The number of carbonyl (C=O) groups excluding carboxylic acids is 1. The Morgan fingerprint density at radius 2 is 1.92 bits per heavy atom. The number of rotatable bonds is 6. The van der Waals surface area contributed by atoms with Crippen molar-refractivity contribution in [3.63, 3.8) is 0 Å². The van der Waals surface area contributed by atoms with Gasteiger partial charge in [-0.15, -0.1) is 0 Å². The van der Waals surface area contributed by atoms with Crippen LogP contribution in [0, 0.1) is 0 Å². The predicted octanol–water partition coefficient (Wildman–Crippen LogP) is 3.57. The Bertz CT molecular complexity index is 696. The summed E-state index contributed by atoms with van der Waals surface area (Å²) in [6.45, 7) is 1.25. The molecule has 4 nitrogen and oxygen atoms in total. The summed E-state index contributed by atoms with van der Waals surface area (Å²) in [6.07, 6.45) is 2.27. The van der Waals surface area contributed by atoms with Gasteiger partial charge in [0.05, 0.1) is 7.11 Å². The summed E-state index contributed by atoms with van der Waals surface area (Å²) in [4.78, 5) is 14.1. The highest BCUT2D eigenvalue weighted by atomic mass is 16.5. The summed E-state index contributed by atoms with van der Waals surface area (Å²) < 4.78 is 5.23. The fraction of sp³-hybridized carbons (Fsp3) is 0.350. The highest BCUT2D eigenvalue weighted by Crippen LogP contribution is 2.47. The second-order valence-electron chi connectivity index (χ2n) is 6.51. The van der Waals surface area contributed by atoms with Crippen LogP contribution >= 0.6 is 0 Å². The number of ether oxygens (including phenoxy) is 1. The van der Waals surface area contributed by atoms with Crippen molar-refractivity contribution in [2.75, 3.05) is 20.7 Å². The van der Waals surface area contributed by atoms with Gasteiger partial charge in [-0.3, -0.25) is 0 Å². The van der Waals surface area contributed by atoms with Crippen molar-refractivity contribution in [2.24, 2.45) is 0 Å².